The first-order valence-electron chi connectivity index (χ1n) is 3.08. The lowest BCUT2D eigenvalue weighted by Gasteiger charge is -2.10. The second-order valence-corrected chi connectivity index (χ2v) is 2.33. The minimum atomic E-state index is -0.632. The number of hydrogen-bond acceptors (Lipinski definition) is 4. The summed E-state index contributed by atoms with van der Waals surface area (Å²) in [5.41, 5.74) is 0. The predicted molar refractivity (Wildman–Crippen MR) is 36.1 cm³/mol. The van der Waals surface area contributed by atoms with Crippen molar-refractivity contribution in [1.82, 2.24) is 5.06 Å². The molecule has 0 spiro atoms. The standard InChI is InChI=1S/C6H13NO3/c1-5(8)4-6(9)10-7(2)3/h5,8H,4H2,1-3H3. The Kier molecular flexibility index (Phi) is 3.99. The van der Waals surface area contributed by atoms with Crippen molar-refractivity contribution in [3.05, 3.63) is 0 Å². The van der Waals surface area contributed by atoms with Crippen molar-refractivity contribution in [3.63, 3.8) is 0 Å². The zero-order valence-electron chi connectivity index (χ0n) is 6.50. The van der Waals surface area contributed by atoms with Crippen LogP contribution >= 0.6 is 0 Å². The van der Waals surface area contributed by atoms with Crippen LogP contribution in [-0.4, -0.2) is 36.3 Å². The van der Waals surface area contributed by atoms with Crippen LogP contribution in [0.1, 0.15) is 13.3 Å². The first-order chi connectivity index (χ1) is 4.52. The highest BCUT2D eigenvalue weighted by Crippen LogP contribution is 1.93. The summed E-state index contributed by atoms with van der Waals surface area (Å²) in [6.45, 7) is 1.54. The molecule has 0 aromatic carbocycles. The van der Waals surface area contributed by atoms with E-state index >= 15 is 0 Å². The van der Waals surface area contributed by atoms with Gasteiger partial charge in [-0.05, 0) is 6.92 Å². The van der Waals surface area contributed by atoms with Crippen LogP contribution in [-0.2, 0) is 9.63 Å². The van der Waals surface area contributed by atoms with E-state index in [0.29, 0.717) is 0 Å². The van der Waals surface area contributed by atoms with Crippen molar-refractivity contribution in [2.45, 2.75) is 19.4 Å². The maximum atomic E-state index is 10.6. The van der Waals surface area contributed by atoms with Crippen LogP contribution in [0.15, 0.2) is 0 Å². The first-order valence-corrected chi connectivity index (χ1v) is 3.08. The molecule has 1 atom stereocenters. The van der Waals surface area contributed by atoms with Gasteiger partial charge in [-0.1, -0.05) is 0 Å². The van der Waals surface area contributed by atoms with Crippen molar-refractivity contribution < 1.29 is 14.7 Å². The summed E-state index contributed by atoms with van der Waals surface area (Å²) in [7, 11) is 3.22. The molecule has 4 heteroatoms. The number of rotatable bonds is 3. The van der Waals surface area contributed by atoms with E-state index in [1.54, 1.807) is 14.1 Å². The van der Waals surface area contributed by atoms with E-state index in [9.17, 15) is 4.79 Å². The Morgan fingerprint density at radius 2 is 2.20 bits per heavy atom. The highest BCUT2D eigenvalue weighted by atomic mass is 16.7. The minimum Gasteiger partial charge on any atom is -0.393 e. The Hall–Kier alpha value is -0.610. The third-order valence-electron chi connectivity index (χ3n) is 0.746. The van der Waals surface area contributed by atoms with E-state index in [2.05, 4.69) is 4.84 Å². The molecular weight excluding hydrogens is 134 g/mol. The van der Waals surface area contributed by atoms with Crippen molar-refractivity contribution in [2.24, 2.45) is 0 Å². The van der Waals surface area contributed by atoms with Gasteiger partial charge in [0.1, 0.15) is 0 Å². The molecule has 0 aromatic rings. The first kappa shape index (κ1) is 9.39. The molecule has 1 unspecified atom stereocenters. The van der Waals surface area contributed by atoms with Gasteiger partial charge in [0.25, 0.3) is 0 Å². The molecule has 0 aliphatic heterocycles. The number of carbonyl (C=O) groups excluding carboxylic acids is 1. The SMILES string of the molecule is CC(O)CC(=O)ON(C)C. The van der Waals surface area contributed by atoms with Crippen LogP contribution < -0.4 is 0 Å². The largest absolute Gasteiger partial charge is 0.393 e. The number of aliphatic hydroxyl groups is 1. The minimum absolute atomic E-state index is 0.0399. The number of nitrogens with zero attached hydrogens (tertiary/aromatic N) is 1. The van der Waals surface area contributed by atoms with Crippen molar-refractivity contribution in [1.29, 1.82) is 0 Å². The molecule has 0 aliphatic carbocycles. The molecule has 10 heavy (non-hydrogen) atoms. The fourth-order valence-corrected chi connectivity index (χ4v) is 0.482. The zero-order chi connectivity index (χ0) is 8.15. The molecular formula is C6H13NO3. The lowest BCUT2D eigenvalue weighted by atomic mass is 10.3. The molecule has 0 amide bonds. The maximum absolute atomic E-state index is 10.6. The van der Waals surface area contributed by atoms with E-state index in [0.717, 1.165) is 0 Å². The van der Waals surface area contributed by atoms with Gasteiger partial charge < -0.3 is 9.94 Å². The molecule has 0 bridgehead atoms. The molecule has 0 radical (unpaired) electrons. The van der Waals surface area contributed by atoms with Gasteiger partial charge in [0, 0.05) is 14.1 Å². The lowest BCUT2D eigenvalue weighted by Crippen LogP contribution is -2.21. The summed E-state index contributed by atoms with van der Waals surface area (Å²) in [4.78, 5) is 15.2. The summed E-state index contributed by atoms with van der Waals surface area (Å²) in [5.74, 6) is -0.417. The Morgan fingerprint density at radius 3 is 2.50 bits per heavy atom. The summed E-state index contributed by atoms with van der Waals surface area (Å²) in [6.07, 6.45) is -0.592. The molecule has 0 rings (SSSR count). The van der Waals surface area contributed by atoms with Crippen LogP contribution in [0.25, 0.3) is 0 Å². The number of aliphatic hydroxyl groups excluding tert-OH is 1. The second kappa shape index (κ2) is 4.24. The van der Waals surface area contributed by atoms with E-state index in [1.807, 2.05) is 0 Å². The Balaban J connectivity index is 3.44. The van der Waals surface area contributed by atoms with Gasteiger partial charge >= 0.3 is 5.97 Å². The highest BCUT2D eigenvalue weighted by Gasteiger charge is 2.07. The fourth-order valence-electron chi connectivity index (χ4n) is 0.482. The van der Waals surface area contributed by atoms with E-state index < -0.39 is 12.1 Å². The molecule has 0 saturated heterocycles. The Morgan fingerprint density at radius 1 is 1.70 bits per heavy atom. The average Bonchev–Trinajstić information content (AvgIpc) is 1.58. The van der Waals surface area contributed by atoms with Gasteiger partial charge in [0.15, 0.2) is 0 Å². The average molecular weight is 147 g/mol. The van der Waals surface area contributed by atoms with Crippen LogP contribution in [0.3, 0.4) is 0 Å². The number of carbonyl (C=O) groups is 1. The van der Waals surface area contributed by atoms with E-state index in [-0.39, 0.29) is 6.42 Å². The van der Waals surface area contributed by atoms with Crippen LogP contribution in [0.5, 0.6) is 0 Å². The molecule has 4 nitrogen and oxygen atoms in total. The summed E-state index contributed by atoms with van der Waals surface area (Å²) >= 11 is 0. The molecule has 0 fully saturated rings. The summed E-state index contributed by atoms with van der Waals surface area (Å²) in [5, 5.41) is 10.0. The van der Waals surface area contributed by atoms with Gasteiger partial charge in [-0.3, -0.25) is 4.79 Å². The van der Waals surface area contributed by atoms with Crippen molar-refractivity contribution in [2.75, 3.05) is 14.1 Å². The smallest absolute Gasteiger partial charge is 0.327 e. The summed E-state index contributed by atoms with van der Waals surface area (Å²) in [6, 6.07) is 0. The Bertz CT molecular complexity index is 99.6. The normalized spacial score (nSPS) is 13.3. The third-order valence-corrected chi connectivity index (χ3v) is 0.746. The zero-order valence-corrected chi connectivity index (χ0v) is 6.50. The third kappa shape index (κ3) is 5.53. The quantitative estimate of drug-likeness (QED) is 0.560. The van der Waals surface area contributed by atoms with Crippen LogP contribution in [0.2, 0.25) is 0 Å². The van der Waals surface area contributed by atoms with Crippen molar-refractivity contribution in [3.8, 4) is 0 Å². The van der Waals surface area contributed by atoms with Gasteiger partial charge in [0.05, 0.1) is 12.5 Å². The van der Waals surface area contributed by atoms with Gasteiger partial charge in [-0.15, -0.1) is 5.06 Å². The lowest BCUT2D eigenvalue weighted by molar-refractivity contribution is -0.180. The van der Waals surface area contributed by atoms with E-state index in [4.69, 9.17) is 5.11 Å². The monoisotopic (exact) mass is 147 g/mol. The molecule has 1 N–H and O–H groups in total. The van der Waals surface area contributed by atoms with Gasteiger partial charge in [-0.25, -0.2) is 0 Å². The topological polar surface area (TPSA) is 49.8 Å². The molecule has 0 heterocycles. The maximum Gasteiger partial charge on any atom is 0.327 e. The van der Waals surface area contributed by atoms with E-state index in [1.165, 1.54) is 12.0 Å². The highest BCUT2D eigenvalue weighted by molar-refractivity contribution is 5.69. The molecule has 0 aliphatic rings. The van der Waals surface area contributed by atoms with Gasteiger partial charge in [0.2, 0.25) is 0 Å². The summed E-state index contributed by atoms with van der Waals surface area (Å²) < 4.78 is 0. The number of hydroxylamine groups is 2. The molecule has 60 valence electrons. The van der Waals surface area contributed by atoms with Crippen LogP contribution in [0.4, 0.5) is 0 Å². The second-order valence-electron chi connectivity index (χ2n) is 2.33. The molecule has 0 saturated carbocycles. The molecule has 0 aromatic heterocycles. The van der Waals surface area contributed by atoms with Crippen LogP contribution in [0, 0.1) is 0 Å². The Labute approximate surface area is 60.3 Å². The van der Waals surface area contributed by atoms with Crippen molar-refractivity contribution >= 4 is 5.97 Å². The predicted octanol–water partition coefficient (Wildman–Crippen LogP) is -0.223. The fraction of sp³-hybridized carbons (Fsp3) is 0.833. The van der Waals surface area contributed by atoms with Gasteiger partial charge in [-0.2, -0.15) is 0 Å². The number of hydrogen-bond donors (Lipinski definition) is 1.